The fourth-order valence-corrected chi connectivity index (χ4v) is 3.21. The monoisotopic (exact) mass is 275 g/mol. The first kappa shape index (κ1) is 12.0. The molecule has 1 spiro atoms. The van der Waals surface area contributed by atoms with Gasteiger partial charge < -0.3 is 19.5 Å². The number of rotatable bonds is 0. The largest absolute Gasteiger partial charge is 0.486 e. The molecule has 4 rings (SSSR count). The second-order valence-electron chi connectivity index (χ2n) is 5.60. The first-order chi connectivity index (χ1) is 9.77. The number of carbonyl (C=O) groups excluding carboxylic acids is 1. The number of ketones is 1. The topological polar surface area (TPSA) is 56.8 Å². The predicted molar refractivity (Wildman–Crippen MR) is 71.8 cm³/mol. The van der Waals surface area contributed by atoms with Crippen molar-refractivity contribution in [3.05, 3.63) is 17.7 Å². The fraction of sp³-hybridized carbons (Fsp3) is 0.533. The van der Waals surface area contributed by atoms with Gasteiger partial charge in [0.15, 0.2) is 17.3 Å². The number of benzene rings is 1. The number of fused-ring (bicyclic) bond motifs is 3. The van der Waals surface area contributed by atoms with Crippen LogP contribution in [-0.4, -0.2) is 37.7 Å². The van der Waals surface area contributed by atoms with E-state index in [0.717, 1.165) is 25.9 Å². The van der Waals surface area contributed by atoms with E-state index in [4.69, 9.17) is 14.2 Å². The Morgan fingerprint density at radius 3 is 2.70 bits per heavy atom. The number of ether oxygens (including phenoxy) is 3. The van der Waals surface area contributed by atoms with E-state index < -0.39 is 0 Å². The van der Waals surface area contributed by atoms with Crippen LogP contribution in [0, 0.1) is 0 Å². The molecule has 3 heterocycles. The Bertz CT molecular complexity index is 563. The van der Waals surface area contributed by atoms with Crippen LogP contribution in [0.15, 0.2) is 12.1 Å². The number of Topliss-reactive ketones (excluding diaryl/α,β-unsaturated/α-hetero) is 1. The second-order valence-corrected chi connectivity index (χ2v) is 5.60. The number of hydrogen-bond donors (Lipinski definition) is 1. The van der Waals surface area contributed by atoms with Crippen molar-refractivity contribution in [1.29, 1.82) is 0 Å². The molecule has 0 radical (unpaired) electrons. The first-order valence-corrected chi connectivity index (χ1v) is 7.13. The highest BCUT2D eigenvalue weighted by Gasteiger charge is 2.43. The van der Waals surface area contributed by atoms with Crippen molar-refractivity contribution in [1.82, 2.24) is 5.32 Å². The average molecular weight is 275 g/mol. The van der Waals surface area contributed by atoms with Gasteiger partial charge in [0, 0.05) is 12.8 Å². The molecular formula is C15H17NO4. The quantitative estimate of drug-likeness (QED) is 0.778. The summed E-state index contributed by atoms with van der Waals surface area (Å²) in [5.74, 6) is 2.00. The molecule has 0 aromatic heterocycles. The fourth-order valence-electron chi connectivity index (χ4n) is 3.21. The zero-order valence-corrected chi connectivity index (χ0v) is 11.2. The number of hydrogen-bond acceptors (Lipinski definition) is 5. The van der Waals surface area contributed by atoms with Gasteiger partial charge in [-0.2, -0.15) is 0 Å². The van der Waals surface area contributed by atoms with E-state index in [1.807, 2.05) is 0 Å². The SMILES string of the molecule is O=C1CC2(CCNCC2)Oc2c1ccc1c2OCCO1. The smallest absolute Gasteiger partial charge is 0.204 e. The van der Waals surface area contributed by atoms with Crippen LogP contribution in [0.2, 0.25) is 0 Å². The van der Waals surface area contributed by atoms with Crippen LogP contribution in [-0.2, 0) is 0 Å². The van der Waals surface area contributed by atoms with E-state index in [9.17, 15) is 4.79 Å². The first-order valence-electron chi connectivity index (χ1n) is 7.13. The molecule has 0 atom stereocenters. The van der Waals surface area contributed by atoms with Crippen molar-refractivity contribution in [3.63, 3.8) is 0 Å². The molecule has 0 amide bonds. The molecule has 106 valence electrons. The third kappa shape index (κ3) is 1.77. The predicted octanol–water partition coefficient (Wildman–Crippen LogP) is 1.55. The molecule has 20 heavy (non-hydrogen) atoms. The van der Waals surface area contributed by atoms with Gasteiger partial charge in [-0.3, -0.25) is 4.79 Å². The van der Waals surface area contributed by atoms with Crippen LogP contribution in [0.3, 0.4) is 0 Å². The van der Waals surface area contributed by atoms with Gasteiger partial charge in [0.1, 0.15) is 18.8 Å². The standard InChI is InChI=1S/C15H17NO4/c17-11-9-15(3-5-16-6-4-15)20-13-10(11)1-2-12-14(13)19-8-7-18-12/h1-2,16H,3-9H2. The average Bonchev–Trinajstić information content (AvgIpc) is 2.48. The number of carbonyl (C=O) groups is 1. The van der Waals surface area contributed by atoms with Crippen molar-refractivity contribution < 1.29 is 19.0 Å². The molecule has 1 aromatic carbocycles. The number of piperidine rings is 1. The second kappa shape index (κ2) is 4.38. The Kier molecular flexibility index (Phi) is 2.63. The summed E-state index contributed by atoms with van der Waals surface area (Å²) in [7, 11) is 0. The lowest BCUT2D eigenvalue weighted by molar-refractivity contribution is 0.0143. The van der Waals surface area contributed by atoms with E-state index in [2.05, 4.69) is 5.32 Å². The van der Waals surface area contributed by atoms with Gasteiger partial charge in [-0.25, -0.2) is 0 Å². The van der Waals surface area contributed by atoms with Crippen molar-refractivity contribution >= 4 is 5.78 Å². The highest BCUT2D eigenvalue weighted by Crippen LogP contribution is 2.48. The lowest BCUT2D eigenvalue weighted by Crippen LogP contribution is -2.49. The third-order valence-corrected chi connectivity index (χ3v) is 4.28. The van der Waals surface area contributed by atoms with E-state index >= 15 is 0 Å². The van der Waals surface area contributed by atoms with E-state index in [1.165, 1.54) is 0 Å². The molecule has 1 fully saturated rings. The zero-order valence-electron chi connectivity index (χ0n) is 11.2. The highest BCUT2D eigenvalue weighted by molar-refractivity contribution is 6.01. The lowest BCUT2D eigenvalue weighted by Gasteiger charge is -2.41. The van der Waals surface area contributed by atoms with Crippen molar-refractivity contribution in [2.75, 3.05) is 26.3 Å². The van der Waals surface area contributed by atoms with E-state index in [1.54, 1.807) is 12.1 Å². The van der Waals surface area contributed by atoms with Gasteiger partial charge in [-0.1, -0.05) is 0 Å². The maximum absolute atomic E-state index is 12.4. The van der Waals surface area contributed by atoms with Crippen molar-refractivity contribution in [2.45, 2.75) is 24.9 Å². The van der Waals surface area contributed by atoms with Gasteiger partial charge in [0.2, 0.25) is 5.75 Å². The van der Waals surface area contributed by atoms with Crippen LogP contribution >= 0.6 is 0 Å². The molecule has 5 nitrogen and oxygen atoms in total. The number of nitrogens with one attached hydrogen (secondary N) is 1. The summed E-state index contributed by atoms with van der Waals surface area (Å²) >= 11 is 0. The van der Waals surface area contributed by atoms with E-state index in [-0.39, 0.29) is 11.4 Å². The Labute approximate surface area is 117 Å². The minimum absolute atomic E-state index is 0.144. The highest BCUT2D eigenvalue weighted by atomic mass is 16.6. The Morgan fingerprint density at radius 1 is 1.05 bits per heavy atom. The van der Waals surface area contributed by atoms with Gasteiger partial charge in [-0.15, -0.1) is 0 Å². The van der Waals surface area contributed by atoms with Gasteiger partial charge in [0.25, 0.3) is 0 Å². The van der Waals surface area contributed by atoms with Crippen molar-refractivity contribution in [2.24, 2.45) is 0 Å². The molecule has 1 aromatic rings. The molecule has 0 unspecified atom stereocenters. The Hall–Kier alpha value is -1.75. The molecule has 0 bridgehead atoms. The lowest BCUT2D eigenvalue weighted by atomic mass is 9.83. The van der Waals surface area contributed by atoms with Gasteiger partial charge in [0.05, 0.1) is 12.0 Å². The molecule has 1 saturated heterocycles. The third-order valence-electron chi connectivity index (χ3n) is 4.28. The summed E-state index contributed by atoms with van der Waals surface area (Å²) in [6.07, 6.45) is 2.16. The van der Waals surface area contributed by atoms with Crippen LogP contribution in [0.5, 0.6) is 17.2 Å². The summed E-state index contributed by atoms with van der Waals surface area (Å²) in [6, 6.07) is 3.59. The summed E-state index contributed by atoms with van der Waals surface area (Å²) in [4.78, 5) is 12.4. The minimum atomic E-state index is -0.370. The molecule has 0 aliphatic carbocycles. The maximum Gasteiger partial charge on any atom is 0.204 e. The summed E-state index contributed by atoms with van der Waals surface area (Å²) in [5, 5.41) is 3.31. The molecular weight excluding hydrogens is 258 g/mol. The van der Waals surface area contributed by atoms with E-state index in [0.29, 0.717) is 42.4 Å². The Morgan fingerprint density at radius 2 is 1.85 bits per heavy atom. The zero-order chi connectivity index (χ0) is 13.6. The summed E-state index contributed by atoms with van der Waals surface area (Å²) in [6.45, 7) is 2.80. The maximum atomic E-state index is 12.4. The van der Waals surface area contributed by atoms with Crippen LogP contribution in [0.4, 0.5) is 0 Å². The van der Waals surface area contributed by atoms with Crippen LogP contribution in [0.25, 0.3) is 0 Å². The minimum Gasteiger partial charge on any atom is -0.486 e. The molecule has 3 aliphatic heterocycles. The van der Waals surface area contributed by atoms with Crippen molar-refractivity contribution in [3.8, 4) is 17.2 Å². The Balaban J connectivity index is 1.79. The molecule has 1 N–H and O–H groups in total. The van der Waals surface area contributed by atoms with Gasteiger partial charge in [-0.05, 0) is 25.2 Å². The van der Waals surface area contributed by atoms with Crippen LogP contribution < -0.4 is 19.5 Å². The van der Waals surface area contributed by atoms with Gasteiger partial charge >= 0.3 is 0 Å². The summed E-state index contributed by atoms with van der Waals surface area (Å²) in [5.41, 5.74) is 0.254. The normalized spacial score (nSPS) is 23.1. The summed E-state index contributed by atoms with van der Waals surface area (Å²) < 4.78 is 17.5. The molecule has 3 aliphatic rings. The molecule has 0 saturated carbocycles. The van der Waals surface area contributed by atoms with Crippen LogP contribution in [0.1, 0.15) is 29.6 Å². The molecule has 5 heteroatoms.